The number of nitrogens with one attached hydrogen (secondary N) is 1. The first-order valence-corrected chi connectivity index (χ1v) is 10.4. The Morgan fingerprint density at radius 1 is 1.21 bits per heavy atom. The lowest BCUT2D eigenvalue weighted by Crippen LogP contribution is -2.49. The first kappa shape index (κ1) is 24.7. The van der Waals surface area contributed by atoms with Crippen molar-refractivity contribution in [2.24, 2.45) is 0 Å². The molecular formula is C19H22ClF3N6O4. The topological polar surface area (TPSA) is 114 Å². The van der Waals surface area contributed by atoms with Crippen molar-refractivity contribution < 1.29 is 27.4 Å². The Morgan fingerprint density at radius 3 is 2.52 bits per heavy atom. The predicted molar refractivity (Wildman–Crippen MR) is 111 cm³/mol. The number of nitrogens with zero attached hydrogens (tertiary/aromatic N) is 5. The van der Waals surface area contributed by atoms with E-state index in [0.717, 1.165) is 6.20 Å². The second-order valence-corrected chi connectivity index (χ2v) is 7.68. The molecule has 1 aliphatic rings. The minimum atomic E-state index is -4.88. The van der Waals surface area contributed by atoms with Crippen LogP contribution in [-0.2, 0) is 15.7 Å². The van der Waals surface area contributed by atoms with E-state index < -0.39 is 29.2 Å². The van der Waals surface area contributed by atoms with Crippen LogP contribution in [0, 0.1) is 0 Å². The number of carbonyl (C=O) groups excluding carboxylic acids is 1. The molecule has 0 bridgehead atoms. The lowest BCUT2D eigenvalue weighted by molar-refractivity contribution is -0.140. The zero-order valence-corrected chi connectivity index (χ0v) is 18.4. The molecule has 1 amide bonds. The van der Waals surface area contributed by atoms with E-state index in [1.54, 1.807) is 16.9 Å². The number of aromatic amines is 1. The largest absolute Gasteiger partial charge is 0.488 e. The second kappa shape index (κ2) is 10.8. The number of rotatable bonds is 8. The number of amides is 1. The van der Waals surface area contributed by atoms with Gasteiger partial charge in [0.05, 0.1) is 42.7 Å². The van der Waals surface area contributed by atoms with Gasteiger partial charge in [-0.3, -0.25) is 9.59 Å². The maximum absolute atomic E-state index is 13.0. The van der Waals surface area contributed by atoms with Gasteiger partial charge in [-0.25, -0.2) is 15.1 Å². The molecule has 1 unspecified atom stereocenters. The fourth-order valence-corrected chi connectivity index (χ4v) is 3.24. The van der Waals surface area contributed by atoms with Crippen molar-refractivity contribution in [2.75, 3.05) is 44.3 Å². The quantitative estimate of drug-likeness (QED) is 0.595. The standard InChI is InChI=1S/C19H22ClF3N6O4/c1-12(11-33-14-10-26-27-17(31)16(14)19(21,22)23)32-7-2-15(30)28-3-5-29(6-4-28)18-24-8-13(20)9-25-18/h8-10,12H,2-7,11H2,1H3,(H,27,31). The van der Waals surface area contributed by atoms with E-state index in [1.807, 2.05) is 4.90 Å². The number of hydrogen-bond acceptors (Lipinski definition) is 8. The predicted octanol–water partition coefficient (Wildman–Crippen LogP) is 1.75. The van der Waals surface area contributed by atoms with E-state index >= 15 is 0 Å². The van der Waals surface area contributed by atoms with Crippen LogP contribution in [0.25, 0.3) is 0 Å². The summed E-state index contributed by atoms with van der Waals surface area (Å²) in [5.41, 5.74) is -2.84. The number of carbonyl (C=O) groups is 1. The summed E-state index contributed by atoms with van der Waals surface area (Å²) in [6.07, 6.45) is -1.57. The summed E-state index contributed by atoms with van der Waals surface area (Å²) in [5, 5.41) is 5.51. The van der Waals surface area contributed by atoms with Crippen molar-refractivity contribution in [1.82, 2.24) is 25.1 Å². The van der Waals surface area contributed by atoms with Crippen molar-refractivity contribution in [2.45, 2.75) is 25.6 Å². The minimum absolute atomic E-state index is 0.0730. The number of hydrogen-bond donors (Lipinski definition) is 1. The van der Waals surface area contributed by atoms with E-state index in [4.69, 9.17) is 21.1 Å². The third-order valence-corrected chi connectivity index (χ3v) is 5.01. The highest BCUT2D eigenvalue weighted by Crippen LogP contribution is 2.32. The number of halogens is 4. The van der Waals surface area contributed by atoms with Gasteiger partial charge in [0.2, 0.25) is 11.9 Å². The summed E-state index contributed by atoms with van der Waals surface area (Å²) >= 11 is 5.79. The summed E-state index contributed by atoms with van der Waals surface area (Å²) in [7, 11) is 0. The molecule has 3 rings (SSSR count). The van der Waals surface area contributed by atoms with Gasteiger partial charge in [-0.15, -0.1) is 0 Å². The van der Waals surface area contributed by atoms with E-state index in [-0.39, 0.29) is 25.5 Å². The number of ether oxygens (including phenoxy) is 2. The van der Waals surface area contributed by atoms with Crippen molar-refractivity contribution in [3.05, 3.63) is 39.5 Å². The lowest BCUT2D eigenvalue weighted by atomic mass is 10.2. The van der Waals surface area contributed by atoms with E-state index in [0.29, 0.717) is 37.1 Å². The number of H-pyrrole nitrogens is 1. The Bertz CT molecular complexity index is 996. The number of piperazine rings is 1. The molecule has 2 aromatic heterocycles. The first-order valence-electron chi connectivity index (χ1n) is 10.0. The summed E-state index contributed by atoms with van der Waals surface area (Å²) in [5.74, 6) is -0.230. The average Bonchev–Trinajstić information content (AvgIpc) is 2.77. The van der Waals surface area contributed by atoms with Gasteiger partial charge >= 0.3 is 6.18 Å². The van der Waals surface area contributed by atoms with Gasteiger partial charge in [0.15, 0.2) is 11.3 Å². The monoisotopic (exact) mass is 490 g/mol. The molecule has 33 heavy (non-hydrogen) atoms. The molecule has 180 valence electrons. The third-order valence-electron chi connectivity index (χ3n) is 4.82. The highest BCUT2D eigenvalue weighted by Gasteiger charge is 2.38. The molecule has 1 saturated heterocycles. The molecule has 2 aromatic rings. The molecular weight excluding hydrogens is 469 g/mol. The smallest absolute Gasteiger partial charge is 0.425 e. The van der Waals surface area contributed by atoms with E-state index in [9.17, 15) is 22.8 Å². The van der Waals surface area contributed by atoms with Gasteiger partial charge < -0.3 is 19.3 Å². The van der Waals surface area contributed by atoms with Crippen molar-refractivity contribution in [3.63, 3.8) is 0 Å². The molecule has 10 nitrogen and oxygen atoms in total. The Hall–Kier alpha value is -2.93. The van der Waals surface area contributed by atoms with Gasteiger partial charge in [0.1, 0.15) is 6.61 Å². The Labute approximate surface area is 191 Å². The van der Waals surface area contributed by atoms with Crippen molar-refractivity contribution in [1.29, 1.82) is 0 Å². The minimum Gasteiger partial charge on any atom is -0.488 e. The van der Waals surface area contributed by atoms with Gasteiger partial charge in [-0.1, -0.05) is 11.6 Å². The van der Waals surface area contributed by atoms with Gasteiger partial charge in [-0.05, 0) is 6.92 Å². The summed E-state index contributed by atoms with van der Waals surface area (Å²) in [6.45, 7) is 3.56. The molecule has 0 radical (unpaired) electrons. The van der Waals surface area contributed by atoms with Gasteiger partial charge in [-0.2, -0.15) is 18.3 Å². The fraction of sp³-hybridized carbons (Fsp3) is 0.526. The maximum Gasteiger partial charge on any atom is 0.425 e. The van der Waals surface area contributed by atoms with Crippen LogP contribution >= 0.6 is 11.6 Å². The summed E-state index contributed by atoms with van der Waals surface area (Å²) < 4.78 is 49.6. The molecule has 0 aromatic carbocycles. The fourth-order valence-electron chi connectivity index (χ4n) is 3.15. The van der Waals surface area contributed by atoms with E-state index in [2.05, 4.69) is 15.1 Å². The average molecular weight is 491 g/mol. The van der Waals surface area contributed by atoms with Crippen LogP contribution in [0.4, 0.5) is 19.1 Å². The van der Waals surface area contributed by atoms with Gasteiger partial charge in [0.25, 0.3) is 5.56 Å². The van der Waals surface area contributed by atoms with Crippen molar-refractivity contribution >= 4 is 23.5 Å². The molecule has 1 atom stereocenters. The van der Waals surface area contributed by atoms with Crippen LogP contribution in [-0.4, -0.2) is 76.5 Å². The number of aromatic nitrogens is 4. The molecule has 0 aliphatic carbocycles. The number of anilines is 1. The Kier molecular flexibility index (Phi) is 8.08. The van der Waals surface area contributed by atoms with Crippen LogP contribution < -0.4 is 15.2 Å². The third kappa shape index (κ3) is 6.78. The van der Waals surface area contributed by atoms with Gasteiger partial charge in [0, 0.05) is 26.2 Å². The maximum atomic E-state index is 13.0. The molecule has 1 aliphatic heterocycles. The van der Waals surface area contributed by atoms with Crippen LogP contribution in [0.15, 0.2) is 23.4 Å². The van der Waals surface area contributed by atoms with Crippen LogP contribution in [0.5, 0.6) is 5.75 Å². The Balaban J connectivity index is 1.39. The van der Waals surface area contributed by atoms with E-state index in [1.165, 1.54) is 12.4 Å². The lowest BCUT2D eigenvalue weighted by Gasteiger charge is -2.34. The summed E-state index contributed by atoms with van der Waals surface area (Å²) in [4.78, 5) is 35.8. The molecule has 0 saturated carbocycles. The van der Waals surface area contributed by atoms with Crippen LogP contribution in [0.1, 0.15) is 18.9 Å². The highest BCUT2D eigenvalue weighted by molar-refractivity contribution is 6.30. The first-order chi connectivity index (χ1) is 15.6. The van der Waals surface area contributed by atoms with Crippen LogP contribution in [0.2, 0.25) is 5.02 Å². The van der Waals surface area contributed by atoms with Crippen LogP contribution in [0.3, 0.4) is 0 Å². The van der Waals surface area contributed by atoms with Crippen molar-refractivity contribution in [3.8, 4) is 5.75 Å². The number of alkyl halides is 3. The SMILES string of the molecule is CC(COc1cn[nH]c(=O)c1C(F)(F)F)OCCC(=O)N1CCN(c2ncc(Cl)cn2)CC1. The second-order valence-electron chi connectivity index (χ2n) is 7.25. The summed E-state index contributed by atoms with van der Waals surface area (Å²) in [6, 6.07) is 0. The molecule has 0 spiro atoms. The zero-order chi connectivity index (χ0) is 24.0. The molecule has 3 heterocycles. The molecule has 1 N–H and O–H groups in total. The zero-order valence-electron chi connectivity index (χ0n) is 17.6. The normalized spacial score (nSPS) is 15.4. The molecule has 14 heteroatoms. The molecule has 1 fully saturated rings. The Morgan fingerprint density at radius 2 is 1.88 bits per heavy atom. The highest BCUT2D eigenvalue weighted by atomic mass is 35.5.